The van der Waals surface area contributed by atoms with Crippen LogP contribution in [-0.2, 0) is 19.2 Å². The molecule has 0 aliphatic rings. The predicted molar refractivity (Wildman–Crippen MR) is 70.1 cm³/mol. The van der Waals surface area contributed by atoms with E-state index >= 15 is 0 Å². The molecule has 0 amide bonds. The molecule has 0 aromatic carbocycles. The second kappa shape index (κ2) is 12.1. The van der Waals surface area contributed by atoms with E-state index in [1.54, 1.807) is 0 Å². The first kappa shape index (κ1) is 21.6. The van der Waals surface area contributed by atoms with Crippen molar-refractivity contribution in [3.63, 3.8) is 0 Å². The molecule has 0 spiro atoms. The van der Waals surface area contributed by atoms with Crippen LogP contribution in [0, 0.1) is 0 Å². The van der Waals surface area contributed by atoms with E-state index in [-0.39, 0.29) is 37.2 Å². The van der Waals surface area contributed by atoms with Crippen LogP contribution in [0.2, 0.25) is 0 Å². The topological polar surface area (TPSA) is 190 Å². The van der Waals surface area contributed by atoms with Gasteiger partial charge in [-0.2, -0.15) is 0 Å². The molecule has 0 atom stereocenters. The summed E-state index contributed by atoms with van der Waals surface area (Å²) in [6.07, 6.45) is 0.834. The molecule has 22 heavy (non-hydrogen) atoms. The second-order valence-electron chi connectivity index (χ2n) is 3.57. The lowest BCUT2D eigenvalue weighted by molar-refractivity contribution is -0.135. The molecule has 124 valence electrons. The van der Waals surface area contributed by atoms with Gasteiger partial charge in [-0.15, -0.1) is 0 Å². The van der Waals surface area contributed by atoms with E-state index in [2.05, 4.69) is 0 Å². The van der Waals surface area contributed by atoms with E-state index in [9.17, 15) is 19.2 Å². The van der Waals surface area contributed by atoms with Crippen molar-refractivity contribution < 1.29 is 49.8 Å². The molecule has 0 bridgehead atoms. The first-order chi connectivity index (χ1) is 10.1. The van der Waals surface area contributed by atoms with Crippen molar-refractivity contribution in [1.82, 2.24) is 0 Å². The number of aliphatic hydroxyl groups excluding tert-OH is 2. The Hall–Kier alpha value is -2.72. The van der Waals surface area contributed by atoms with Gasteiger partial charge in [0.25, 0.3) is 0 Å². The summed E-state index contributed by atoms with van der Waals surface area (Å²) in [5.74, 6) is -5.28. The Balaban J connectivity index is 0. The van der Waals surface area contributed by atoms with Gasteiger partial charge in [-0.25, -0.2) is 19.2 Å². The molecular weight excluding hydrogens is 304 g/mol. The Labute approximate surface area is 124 Å². The van der Waals surface area contributed by atoms with E-state index in [4.69, 9.17) is 30.6 Å². The standard InChI is InChI=1S/2C6H8O5/c2*7-2-1-4(6(10)11)3-5(8)9/h2*3,7H,1-2H2,(H,8,9)(H,10,11)/b4-3+;4-3-. The van der Waals surface area contributed by atoms with Gasteiger partial charge >= 0.3 is 23.9 Å². The fourth-order valence-electron chi connectivity index (χ4n) is 1.02. The van der Waals surface area contributed by atoms with Gasteiger partial charge in [-0.3, -0.25) is 0 Å². The maximum atomic E-state index is 10.2. The number of carbonyl (C=O) groups is 4. The molecule has 0 aliphatic heterocycles. The summed E-state index contributed by atoms with van der Waals surface area (Å²) in [6, 6.07) is 0. The Morgan fingerprint density at radius 1 is 0.636 bits per heavy atom. The largest absolute Gasteiger partial charge is 0.478 e. The highest BCUT2D eigenvalue weighted by Gasteiger charge is 2.08. The minimum absolute atomic E-state index is 0.151. The lowest BCUT2D eigenvalue weighted by Crippen LogP contribution is -2.05. The number of aliphatic hydroxyl groups is 2. The van der Waals surface area contributed by atoms with Crippen molar-refractivity contribution >= 4 is 23.9 Å². The van der Waals surface area contributed by atoms with Crippen LogP contribution in [0.1, 0.15) is 12.8 Å². The van der Waals surface area contributed by atoms with E-state index in [0.29, 0.717) is 12.2 Å². The average Bonchev–Trinajstić information content (AvgIpc) is 2.37. The van der Waals surface area contributed by atoms with Crippen molar-refractivity contribution in [2.45, 2.75) is 12.8 Å². The quantitative estimate of drug-likeness (QED) is 0.300. The van der Waals surface area contributed by atoms with Gasteiger partial charge in [-0.1, -0.05) is 0 Å². The van der Waals surface area contributed by atoms with Crippen LogP contribution < -0.4 is 0 Å². The summed E-state index contributed by atoms with van der Waals surface area (Å²) < 4.78 is 0. The molecule has 0 radical (unpaired) electrons. The van der Waals surface area contributed by atoms with Crippen LogP contribution >= 0.6 is 0 Å². The van der Waals surface area contributed by atoms with Crippen LogP contribution in [0.5, 0.6) is 0 Å². The Morgan fingerprint density at radius 2 is 0.909 bits per heavy atom. The summed E-state index contributed by atoms with van der Waals surface area (Å²) in [6.45, 7) is -0.739. The number of carboxylic acids is 4. The number of hydrogen-bond donors (Lipinski definition) is 6. The fourth-order valence-corrected chi connectivity index (χ4v) is 1.02. The molecular formula is C12H16O10. The van der Waals surface area contributed by atoms with E-state index in [1.165, 1.54) is 0 Å². The van der Waals surface area contributed by atoms with Gasteiger partial charge in [-0.05, 0) is 0 Å². The number of carboxylic acid groups (broad SMARTS) is 4. The first-order valence-corrected chi connectivity index (χ1v) is 5.71. The van der Waals surface area contributed by atoms with Crippen LogP contribution in [0.4, 0.5) is 0 Å². The Bertz CT molecular complexity index is 430. The lowest BCUT2D eigenvalue weighted by Gasteiger charge is -1.95. The number of aliphatic carboxylic acids is 4. The highest BCUT2D eigenvalue weighted by Crippen LogP contribution is 2.00. The summed E-state index contributed by atoms with van der Waals surface area (Å²) in [4.78, 5) is 40.3. The highest BCUT2D eigenvalue weighted by molar-refractivity contribution is 5.95. The zero-order valence-corrected chi connectivity index (χ0v) is 11.3. The fraction of sp³-hybridized carbons (Fsp3) is 0.333. The van der Waals surface area contributed by atoms with Gasteiger partial charge < -0.3 is 30.6 Å². The lowest BCUT2D eigenvalue weighted by atomic mass is 10.2. The van der Waals surface area contributed by atoms with Crippen LogP contribution in [-0.4, -0.2) is 67.7 Å². The van der Waals surface area contributed by atoms with E-state index < -0.39 is 23.9 Å². The molecule has 0 heterocycles. The van der Waals surface area contributed by atoms with Crippen molar-refractivity contribution in [3.8, 4) is 0 Å². The van der Waals surface area contributed by atoms with E-state index in [0.717, 1.165) is 0 Å². The van der Waals surface area contributed by atoms with Gasteiger partial charge in [0.1, 0.15) is 0 Å². The zero-order chi connectivity index (χ0) is 17.7. The molecule has 6 N–H and O–H groups in total. The molecule has 0 saturated carbocycles. The van der Waals surface area contributed by atoms with Crippen molar-refractivity contribution in [2.24, 2.45) is 0 Å². The normalized spacial score (nSPS) is 11.2. The van der Waals surface area contributed by atoms with Gasteiger partial charge in [0, 0.05) is 49.4 Å². The minimum atomic E-state index is -1.32. The SMILES string of the molecule is O=C(O)/C=C(/CCO)C(=O)O.O=C(O)/C=C(\CCO)C(=O)O. The predicted octanol–water partition coefficient (Wildman–Crippen LogP) is -1.07. The first-order valence-electron chi connectivity index (χ1n) is 5.71. The highest BCUT2D eigenvalue weighted by atomic mass is 16.4. The molecule has 0 unspecified atom stereocenters. The van der Waals surface area contributed by atoms with Crippen molar-refractivity contribution in [2.75, 3.05) is 13.2 Å². The summed E-state index contributed by atoms with van der Waals surface area (Å²) in [7, 11) is 0. The maximum Gasteiger partial charge on any atom is 0.331 e. The van der Waals surface area contributed by atoms with E-state index in [1.807, 2.05) is 0 Å². The molecule has 0 fully saturated rings. The smallest absolute Gasteiger partial charge is 0.331 e. The maximum absolute atomic E-state index is 10.2. The average molecular weight is 320 g/mol. The van der Waals surface area contributed by atoms with Gasteiger partial charge in [0.05, 0.1) is 0 Å². The third-order valence-electron chi connectivity index (χ3n) is 1.91. The summed E-state index contributed by atoms with van der Waals surface area (Å²) >= 11 is 0. The molecule has 0 aromatic heterocycles. The molecule has 10 nitrogen and oxygen atoms in total. The summed E-state index contributed by atoms with van der Waals surface area (Å²) in [5.41, 5.74) is -0.611. The number of hydrogen-bond acceptors (Lipinski definition) is 6. The summed E-state index contributed by atoms with van der Waals surface area (Å²) in [5, 5.41) is 49.5. The third-order valence-corrected chi connectivity index (χ3v) is 1.91. The van der Waals surface area contributed by atoms with Crippen LogP contribution in [0.25, 0.3) is 0 Å². The van der Waals surface area contributed by atoms with Gasteiger partial charge in [0.2, 0.25) is 0 Å². The van der Waals surface area contributed by atoms with Crippen LogP contribution in [0.15, 0.2) is 23.3 Å². The monoisotopic (exact) mass is 320 g/mol. The Morgan fingerprint density at radius 3 is 1.05 bits per heavy atom. The van der Waals surface area contributed by atoms with Gasteiger partial charge in [0.15, 0.2) is 0 Å². The third kappa shape index (κ3) is 12.3. The Kier molecular flexibility index (Phi) is 11.8. The zero-order valence-electron chi connectivity index (χ0n) is 11.3. The molecule has 0 aromatic rings. The minimum Gasteiger partial charge on any atom is -0.478 e. The second-order valence-corrected chi connectivity index (χ2v) is 3.57. The van der Waals surface area contributed by atoms with Crippen molar-refractivity contribution in [3.05, 3.63) is 23.3 Å². The van der Waals surface area contributed by atoms with Crippen LogP contribution in [0.3, 0.4) is 0 Å². The molecule has 0 aliphatic carbocycles. The molecule has 0 rings (SSSR count). The number of rotatable bonds is 8. The molecule has 0 saturated heterocycles. The van der Waals surface area contributed by atoms with Crippen molar-refractivity contribution in [1.29, 1.82) is 0 Å². The molecule has 10 heteroatoms.